The van der Waals surface area contributed by atoms with E-state index in [0.717, 1.165) is 18.4 Å². The molecular weight excluding hydrogens is 380 g/mol. The molecule has 1 aromatic rings. The first kappa shape index (κ1) is 25.7. The van der Waals surface area contributed by atoms with E-state index in [2.05, 4.69) is 40.8 Å². The highest BCUT2D eigenvalue weighted by Gasteiger charge is 2.40. The Hall–Kier alpha value is -1.33. The number of carbonyl (C=O) groups excluding carboxylic acids is 1. The van der Waals surface area contributed by atoms with Crippen LogP contribution in [0, 0.1) is 0 Å². The minimum Gasteiger partial charge on any atom is -0.496 e. The first-order chi connectivity index (χ1) is 13.6. The summed E-state index contributed by atoms with van der Waals surface area (Å²) in [5, 5.41) is 0.0939. The maximum absolute atomic E-state index is 12.6. The molecular formula is C24H42O4Si. The second-order valence-corrected chi connectivity index (χ2v) is 14.1. The Morgan fingerprint density at radius 2 is 1.66 bits per heavy atom. The zero-order chi connectivity index (χ0) is 22.1. The molecule has 29 heavy (non-hydrogen) atoms. The minimum absolute atomic E-state index is 0.0939. The summed E-state index contributed by atoms with van der Waals surface area (Å²) in [6, 6.07) is 5.73. The zero-order valence-corrected chi connectivity index (χ0v) is 20.9. The lowest BCUT2D eigenvalue weighted by molar-refractivity contribution is 0.0589. The van der Waals surface area contributed by atoms with Crippen LogP contribution in [0.3, 0.4) is 0 Å². The summed E-state index contributed by atoms with van der Waals surface area (Å²) >= 11 is 0. The molecule has 1 rings (SSSR count). The number of ether oxygens (including phenoxy) is 2. The number of methoxy groups -OCH3 is 2. The van der Waals surface area contributed by atoms with E-state index in [9.17, 15) is 4.79 Å². The largest absolute Gasteiger partial charge is 0.496 e. The molecule has 1 atom stereocenters. The summed E-state index contributed by atoms with van der Waals surface area (Å²) in [5.74, 6) is 0.172. The number of carbonyl (C=O) groups is 1. The number of rotatable bonds is 12. The first-order valence-electron chi connectivity index (χ1n) is 11.0. The van der Waals surface area contributed by atoms with Crippen LogP contribution in [0.5, 0.6) is 5.75 Å². The molecule has 0 aliphatic rings. The Labute approximate surface area is 179 Å². The molecule has 0 heterocycles. The van der Waals surface area contributed by atoms with Crippen molar-refractivity contribution in [2.24, 2.45) is 0 Å². The molecule has 1 aromatic carbocycles. The Morgan fingerprint density at radius 1 is 1.03 bits per heavy atom. The van der Waals surface area contributed by atoms with Crippen LogP contribution in [0.25, 0.3) is 0 Å². The van der Waals surface area contributed by atoms with E-state index < -0.39 is 8.32 Å². The lowest BCUT2D eigenvalue weighted by Crippen LogP contribution is -2.42. The fourth-order valence-corrected chi connectivity index (χ4v) is 4.54. The molecule has 0 aromatic heterocycles. The molecule has 0 N–H and O–H groups in total. The number of hydrogen-bond donors (Lipinski definition) is 0. The van der Waals surface area contributed by atoms with Gasteiger partial charge in [-0.2, -0.15) is 0 Å². The topological polar surface area (TPSA) is 44.8 Å². The maximum Gasteiger partial charge on any atom is 0.342 e. The summed E-state index contributed by atoms with van der Waals surface area (Å²) in [7, 11) is 0.979. The first-order valence-corrected chi connectivity index (χ1v) is 13.9. The Kier molecular flexibility index (Phi) is 10.4. The highest BCUT2D eigenvalue weighted by molar-refractivity contribution is 6.74. The standard InChI is InChI=1S/C24H42O4Si/c1-9-10-11-12-13-14-17-20(28-29(7,8)24(2,3)4)19-16-15-18-21(26-5)22(19)23(25)27-6/h15-16,18,20H,9-14,17H2,1-8H3/t20-/m0/s1. The fraction of sp³-hybridized carbons (Fsp3) is 0.708. The van der Waals surface area contributed by atoms with Crippen molar-refractivity contribution in [2.45, 2.75) is 96.9 Å². The molecule has 166 valence electrons. The molecule has 4 nitrogen and oxygen atoms in total. The summed E-state index contributed by atoms with van der Waals surface area (Å²) in [4.78, 5) is 12.6. The number of unbranched alkanes of at least 4 members (excludes halogenated alkanes) is 5. The molecule has 0 spiro atoms. The van der Waals surface area contributed by atoms with E-state index in [1.54, 1.807) is 7.11 Å². The van der Waals surface area contributed by atoms with E-state index >= 15 is 0 Å². The van der Waals surface area contributed by atoms with Crippen LogP contribution in [0.2, 0.25) is 18.1 Å². The van der Waals surface area contributed by atoms with Gasteiger partial charge in [0.15, 0.2) is 8.32 Å². The summed E-state index contributed by atoms with van der Waals surface area (Å²) in [5.41, 5.74) is 1.38. The van der Waals surface area contributed by atoms with Crippen molar-refractivity contribution in [2.75, 3.05) is 14.2 Å². The number of esters is 1. The third kappa shape index (κ3) is 7.45. The molecule has 0 amide bonds. The highest BCUT2D eigenvalue weighted by atomic mass is 28.4. The predicted octanol–water partition coefficient (Wildman–Crippen LogP) is 7.30. The van der Waals surface area contributed by atoms with Gasteiger partial charge in [-0.15, -0.1) is 0 Å². The van der Waals surface area contributed by atoms with Crippen molar-refractivity contribution < 1.29 is 18.7 Å². The van der Waals surface area contributed by atoms with Gasteiger partial charge in [0.2, 0.25) is 0 Å². The Morgan fingerprint density at radius 3 is 2.21 bits per heavy atom. The molecule has 0 saturated heterocycles. The summed E-state index contributed by atoms with van der Waals surface area (Å²) < 4.78 is 17.4. The normalized spacial score (nSPS) is 13.2. The van der Waals surface area contributed by atoms with Crippen molar-refractivity contribution in [1.29, 1.82) is 0 Å². The summed E-state index contributed by atoms with van der Waals surface area (Å²) in [6.07, 6.45) is 8.13. The van der Waals surface area contributed by atoms with Gasteiger partial charge in [0, 0.05) is 0 Å². The van der Waals surface area contributed by atoms with Gasteiger partial charge in [0.05, 0.1) is 20.3 Å². The molecule has 0 radical (unpaired) electrons. The minimum atomic E-state index is -2.02. The number of hydrogen-bond acceptors (Lipinski definition) is 4. The van der Waals surface area contributed by atoms with Gasteiger partial charge in [0.1, 0.15) is 11.3 Å². The zero-order valence-electron chi connectivity index (χ0n) is 19.9. The molecule has 0 aliphatic heterocycles. The lowest BCUT2D eigenvalue weighted by Gasteiger charge is -2.40. The van der Waals surface area contributed by atoms with Crippen LogP contribution in [0.1, 0.15) is 94.7 Å². The highest BCUT2D eigenvalue weighted by Crippen LogP contribution is 2.42. The average Bonchev–Trinajstić information content (AvgIpc) is 2.67. The molecule has 0 unspecified atom stereocenters. The molecule has 0 saturated carbocycles. The number of benzene rings is 1. The van der Waals surface area contributed by atoms with Crippen molar-refractivity contribution >= 4 is 14.3 Å². The average molecular weight is 423 g/mol. The monoisotopic (exact) mass is 422 g/mol. The molecule has 0 fully saturated rings. The van der Waals surface area contributed by atoms with E-state index in [-0.39, 0.29) is 17.1 Å². The van der Waals surface area contributed by atoms with Crippen LogP contribution in [0.4, 0.5) is 0 Å². The summed E-state index contributed by atoms with van der Waals surface area (Å²) in [6.45, 7) is 13.5. The third-order valence-electron chi connectivity index (χ3n) is 6.08. The third-order valence-corrected chi connectivity index (χ3v) is 10.6. The van der Waals surface area contributed by atoms with Crippen LogP contribution in [0.15, 0.2) is 18.2 Å². The van der Waals surface area contributed by atoms with Gasteiger partial charge in [0.25, 0.3) is 0 Å². The van der Waals surface area contributed by atoms with Gasteiger partial charge in [-0.25, -0.2) is 4.79 Å². The molecule has 0 bridgehead atoms. The second kappa shape index (κ2) is 11.8. The van der Waals surface area contributed by atoms with E-state index in [4.69, 9.17) is 13.9 Å². The van der Waals surface area contributed by atoms with Gasteiger partial charge in [-0.3, -0.25) is 0 Å². The smallest absolute Gasteiger partial charge is 0.342 e. The van der Waals surface area contributed by atoms with E-state index in [0.29, 0.717) is 11.3 Å². The fourth-order valence-electron chi connectivity index (χ4n) is 3.23. The van der Waals surface area contributed by atoms with Crippen molar-refractivity contribution in [3.05, 3.63) is 29.3 Å². The van der Waals surface area contributed by atoms with Crippen LogP contribution < -0.4 is 4.74 Å². The quantitative estimate of drug-likeness (QED) is 0.201. The van der Waals surface area contributed by atoms with Crippen LogP contribution >= 0.6 is 0 Å². The second-order valence-electron chi connectivity index (χ2n) is 9.34. The molecule has 0 aliphatic carbocycles. The van der Waals surface area contributed by atoms with E-state index in [1.165, 1.54) is 39.2 Å². The van der Waals surface area contributed by atoms with Gasteiger partial charge >= 0.3 is 5.97 Å². The molecule has 5 heteroatoms. The Balaban J connectivity index is 3.18. The van der Waals surface area contributed by atoms with Crippen LogP contribution in [-0.2, 0) is 9.16 Å². The van der Waals surface area contributed by atoms with Crippen molar-refractivity contribution in [3.63, 3.8) is 0 Å². The van der Waals surface area contributed by atoms with Crippen LogP contribution in [-0.4, -0.2) is 28.5 Å². The predicted molar refractivity (Wildman–Crippen MR) is 123 cm³/mol. The maximum atomic E-state index is 12.6. The van der Waals surface area contributed by atoms with Crippen molar-refractivity contribution in [1.82, 2.24) is 0 Å². The SMILES string of the molecule is CCCCCCCC[C@H](O[Si](C)(C)C(C)(C)C)c1cccc(OC)c1C(=O)OC. The van der Waals surface area contributed by atoms with Gasteiger partial charge < -0.3 is 13.9 Å². The lowest BCUT2D eigenvalue weighted by atomic mass is 9.97. The Bertz CT molecular complexity index is 634. The van der Waals surface area contributed by atoms with E-state index in [1.807, 2.05) is 18.2 Å². The van der Waals surface area contributed by atoms with Crippen molar-refractivity contribution in [3.8, 4) is 5.75 Å². The van der Waals surface area contributed by atoms with Gasteiger partial charge in [-0.1, -0.05) is 78.4 Å². The van der Waals surface area contributed by atoms with Gasteiger partial charge in [-0.05, 0) is 36.2 Å².